The van der Waals surface area contributed by atoms with Gasteiger partial charge in [0.05, 0.1) is 17.2 Å². The van der Waals surface area contributed by atoms with Gasteiger partial charge in [-0.05, 0) is 23.8 Å². The van der Waals surface area contributed by atoms with E-state index in [1.54, 1.807) is 36.4 Å². The van der Waals surface area contributed by atoms with Crippen LogP contribution >= 0.6 is 0 Å². The monoisotopic (exact) mass is 265 g/mol. The molecule has 0 aromatic heterocycles. The van der Waals surface area contributed by atoms with Crippen LogP contribution in [-0.2, 0) is 6.42 Å². The molecule has 4 heteroatoms. The van der Waals surface area contributed by atoms with Crippen molar-refractivity contribution in [2.45, 2.75) is 6.42 Å². The second-order valence-corrected chi connectivity index (χ2v) is 4.26. The number of hydrogen-bond acceptors (Lipinski definition) is 3. The Labute approximate surface area is 115 Å². The van der Waals surface area contributed by atoms with Crippen molar-refractivity contribution in [2.24, 2.45) is 0 Å². The first-order valence-electron chi connectivity index (χ1n) is 5.96. The van der Waals surface area contributed by atoms with Gasteiger partial charge in [0, 0.05) is 12.0 Å². The molecule has 2 rings (SSSR count). The van der Waals surface area contributed by atoms with Gasteiger partial charge < -0.3 is 5.11 Å². The molecule has 0 saturated carbocycles. The van der Waals surface area contributed by atoms with Crippen molar-refractivity contribution < 1.29 is 14.7 Å². The van der Waals surface area contributed by atoms with Crippen LogP contribution in [-0.4, -0.2) is 16.9 Å². The lowest BCUT2D eigenvalue weighted by Crippen LogP contribution is -2.10. The van der Waals surface area contributed by atoms with E-state index in [2.05, 4.69) is 0 Å². The molecular formula is C16H11NO3. The second-order valence-electron chi connectivity index (χ2n) is 4.26. The number of carbonyl (C=O) groups is 2. The van der Waals surface area contributed by atoms with Crippen LogP contribution in [0.1, 0.15) is 31.8 Å². The van der Waals surface area contributed by atoms with E-state index in [0.29, 0.717) is 5.56 Å². The van der Waals surface area contributed by atoms with Crippen LogP contribution in [0, 0.1) is 11.3 Å². The van der Waals surface area contributed by atoms with Crippen molar-refractivity contribution in [3.05, 3.63) is 70.8 Å². The second kappa shape index (κ2) is 5.81. The number of nitrogens with zero attached hydrogens (tertiary/aromatic N) is 1. The third kappa shape index (κ3) is 2.90. The molecule has 20 heavy (non-hydrogen) atoms. The average molecular weight is 265 g/mol. The van der Waals surface area contributed by atoms with Crippen molar-refractivity contribution in [3.63, 3.8) is 0 Å². The maximum atomic E-state index is 12.2. The van der Waals surface area contributed by atoms with Gasteiger partial charge >= 0.3 is 5.97 Å². The van der Waals surface area contributed by atoms with Crippen LogP contribution in [0.15, 0.2) is 48.5 Å². The molecule has 0 amide bonds. The number of aromatic carboxylic acids is 1. The van der Waals surface area contributed by atoms with Gasteiger partial charge in [-0.1, -0.05) is 30.3 Å². The summed E-state index contributed by atoms with van der Waals surface area (Å²) in [5.74, 6) is -1.37. The lowest BCUT2D eigenvalue weighted by atomic mass is 9.98. The fourth-order valence-corrected chi connectivity index (χ4v) is 1.89. The third-order valence-electron chi connectivity index (χ3n) is 2.91. The van der Waals surface area contributed by atoms with Gasteiger partial charge in [0.1, 0.15) is 0 Å². The predicted molar refractivity (Wildman–Crippen MR) is 72.6 cm³/mol. The SMILES string of the molecule is N#Cc1ccc(CC(=O)c2ccccc2C(=O)O)cc1. The molecule has 0 aliphatic rings. The van der Waals surface area contributed by atoms with Gasteiger partial charge in [-0.15, -0.1) is 0 Å². The molecule has 98 valence electrons. The normalized spacial score (nSPS) is 9.75. The van der Waals surface area contributed by atoms with Crippen LogP contribution in [0.3, 0.4) is 0 Å². The van der Waals surface area contributed by atoms with Crippen molar-refractivity contribution >= 4 is 11.8 Å². The largest absolute Gasteiger partial charge is 0.478 e. The number of carbonyl (C=O) groups excluding carboxylic acids is 1. The van der Waals surface area contributed by atoms with Gasteiger partial charge in [-0.25, -0.2) is 4.79 Å². The lowest BCUT2D eigenvalue weighted by Gasteiger charge is -2.05. The molecule has 2 aromatic carbocycles. The average Bonchev–Trinajstić information content (AvgIpc) is 2.48. The summed E-state index contributed by atoms with van der Waals surface area (Å²) in [7, 11) is 0. The first-order valence-corrected chi connectivity index (χ1v) is 5.96. The van der Waals surface area contributed by atoms with Gasteiger partial charge in [-0.3, -0.25) is 4.79 Å². The van der Waals surface area contributed by atoms with E-state index in [-0.39, 0.29) is 23.3 Å². The topological polar surface area (TPSA) is 78.2 Å². The Morgan fingerprint density at radius 2 is 1.60 bits per heavy atom. The molecule has 0 aliphatic heterocycles. The van der Waals surface area contributed by atoms with E-state index >= 15 is 0 Å². The highest BCUT2D eigenvalue weighted by atomic mass is 16.4. The summed E-state index contributed by atoms with van der Waals surface area (Å²) in [6, 6.07) is 14.8. The molecule has 4 nitrogen and oxygen atoms in total. The molecule has 2 aromatic rings. The number of hydrogen-bond donors (Lipinski definition) is 1. The number of carboxylic acids is 1. The fraction of sp³-hybridized carbons (Fsp3) is 0.0625. The van der Waals surface area contributed by atoms with E-state index in [9.17, 15) is 9.59 Å². The fourth-order valence-electron chi connectivity index (χ4n) is 1.89. The molecular weight excluding hydrogens is 254 g/mol. The molecule has 0 heterocycles. The number of nitriles is 1. The summed E-state index contributed by atoms with van der Waals surface area (Å²) >= 11 is 0. The van der Waals surface area contributed by atoms with E-state index in [0.717, 1.165) is 5.56 Å². The Bertz CT molecular complexity index is 696. The highest BCUT2D eigenvalue weighted by Crippen LogP contribution is 2.13. The number of benzene rings is 2. The number of carboxylic acid groups (broad SMARTS) is 1. The predicted octanol–water partition coefficient (Wildman–Crippen LogP) is 2.68. The van der Waals surface area contributed by atoms with Crippen LogP contribution in [0.2, 0.25) is 0 Å². The Balaban J connectivity index is 2.24. The zero-order chi connectivity index (χ0) is 14.5. The molecule has 0 aliphatic carbocycles. The maximum absolute atomic E-state index is 12.2. The smallest absolute Gasteiger partial charge is 0.336 e. The van der Waals surface area contributed by atoms with Crippen LogP contribution in [0.25, 0.3) is 0 Å². The minimum Gasteiger partial charge on any atom is -0.478 e. The van der Waals surface area contributed by atoms with Gasteiger partial charge in [-0.2, -0.15) is 5.26 Å². The van der Waals surface area contributed by atoms with E-state index in [4.69, 9.17) is 10.4 Å². The summed E-state index contributed by atoms with van der Waals surface area (Å²) in [4.78, 5) is 23.2. The molecule has 0 bridgehead atoms. The summed E-state index contributed by atoms with van der Waals surface area (Å²) in [5.41, 5.74) is 1.47. The third-order valence-corrected chi connectivity index (χ3v) is 2.91. The van der Waals surface area contributed by atoms with E-state index in [1.165, 1.54) is 12.1 Å². The summed E-state index contributed by atoms with van der Waals surface area (Å²) in [5, 5.41) is 17.8. The quantitative estimate of drug-likeness (QED) is 0.862. The van der Waals surface area contributed by atoms with Crippen LogP contribution in [0.4, 0.5) is 0 Å². The molecule has 1 N–H and O–H groups in total. The molecule has 0 fully saturated rings. The summed E-state index contributed by atoms with van der Waals surface area (Å²) in [6.07, 6.45) is 0.107. The summed E-state index contributed by atoms with van der Waals surface area (Å²) < 4.78 is 0. The first kappa shape index (κ1) is 13.5. The molecule has 0 unspecified atom stereocenters. The zero-order valence-electron chi connectivity index (χ0n) is 10.5. The molecule has 0 spiro atoms. The highest BCUT2D eigenvalue weighted by molar-refractivity contribution is 6.06. The van der Waals surface area contributed by atoms with Gasteiger partial charge in [0.2, 0.25) is 0 Å². The Morgan fingerprint density at radius 1 is 1.00 bits per heavy atom. The van der Waals surface area contributed by atoms with Crippen molar-refractivity contribution in [1.29, 1.82) is 5.26 Å². The van der Waals surface area contributed by atoms with Gasteiger partial charge in [0.15, 0.2) is 5.78 Å². The van der Waals surface area contributed by atoms with Gasteiger partial charge in [0.25, 0.3) is 0 Å². The Kier molecular flexibility index (Phi) is 3.92. The Hall–Kier alpha value is -2.93. The molecule has 0 saturated heterocycles. The van der Waals surface area contributed by atoms with E-state index in [1.807, 2.05) is 6.07 Å². The lowest BCUT2D eigenvalue weighted by molar-refractivity contribution is 0.0692. The number of Topliss-reactive ketones (excluding diaryl/α,β-unsaturated/α-hetero) is 1. The van der Waals surface area contributed by atoms with Crippen molar-refractivity contribution in [2.75, 3.05) is 0 Å². The minimum atomic E-state index is -1.12. The number of ketones is 1. The maximum Gasteiger partial charge on any atom is 0.336 e. The minimum absolute atomic E-state index is 0.00569. The standard InChI is InChI=1S/C16H11NO3/c17-10-12-7-5-11(6-8-12)9-15(18)13-3-1-2-4-14(13)16(19)20/h1-8H,9H2,(H,19,20). The first-order chi connectivity index (χ1) is 9.61. The highest BCUT2D eigenvalue weighted by Gasteiger charge is 2.15. The van der Waals surface area contributed by atoms with Crippen LogP contribution in [0.5, 0.6) is 0 Å². The van der Waals surface area contributed by atoms with Crippen LogP contribution < -0.4 is 0 Å². The molecule has 0 radical (unpaired) electrons. The Morgan fingerprint density at radius 3 is 2.15 bits per heavy atom. The summed E-state index contributed by atoms with van der Waals surface area (Å²) in [6.45, 7) is 0. The number of rotatable bonds is 4. The van der Waals surface area contributed by atoms with Crippen molar-refractivity contribution in [3.8, 4) is 6.07 Å². The zero-order valence-corrected chi connectivity index (χ0v) is 10.5. The van der Waals surface area contributed by atoms with E-state index < -0.39 is 5.97 Å². The molecule has 0 atom stereocenters. The van der Waals surface area contributed by atoms with Crippen molar-refractivity contribution in [1.82, 2.24) is 0 Å².